The van der Waals surface area contributed by atoms with Crippen molar-refractivity contribution in [3.63, 3.8) is 0 Å². The van der Waals surface area contributed by atoms with Crippen molar-refractivity contribution in [1.29, 1.82) is 0 Å². The molecule has 3 aliphatic rings. The highest BCUT2D eigenvalue weighted by Gasteiger charge is 2.34. The van der Waals surface area contributed by atoms with Crippen LogP contribution in [0.3, 0.4) is 0 Å². The number of aromatic nitrogens is 2. The molecule has 1 atom stereocenters. The molecule has 2 aromatic rings. The van der Waals surface area contributed by atoms with Crippen LogP contribution in [0.4, 0.5) is 5.69 Å². The van der Waals surface area contributed by atoms with Gasteiger partial charge in [-0.2, -0.15) is 5.10 Å². The van der Waals surface area contributed by atoms with E-state index in [4.69, 9.17) is 0 Å². The number of nitrogens with zero attached hydrogens (tertiary/aromatic N) is 5. The highest BCUT2D eigenvalue weighted by Crippen LogP contribution is 2.29. The predicted octanol–water partition coefficient (Wildman–Crippen LogP) is 2.64. The zero-order chi connectivity index (χ0) is 20.7. The van der Waals surface area contributed by atoms with E-state index in [1.54, 1.807) is 0 Å². The normalized spacial score (nSPS) is 22.4. The SMILES string of the molecule is Cc1ccc(N2CCN(C3CCc4c(c(C(=O)N5CCCC5)nn4C)C3)CC2)cc1. The maximum absolute atomic E-state index is 13.1. The van der Waals surface area contributed by atoms with E-state index in [1.807, 2.05) is 16.6 Å². The molecular weight excluding hydrogens is 374 g/mol. The van der Waals surface area contributed by atoms with Crippen LogP contribution >= 0.6 is 0 Å². The second kappa shape index (κ2) is 8.06. The summed E-state index contributed by atoms with van der Waals surface area (Å²) in [5, 5.41) is 4.67. The lowest BCUT2D eigenvalue weighted by atomic mass is 9.89. The van der Waals surface area contributed by atoms with Crippen LogP contribution in [-0.2, 0) is 19.9 Å². The maximum Gasteiger partial charge on any atom is 0.274 e. The first-order chi connectivity index (χ1) is 14.6. The number of rotatable bonds is 3. The third kappa shape index (κ3) is 3.62. The van der Waals surface area contributed by atoms with Gasteiger partial charge in [0.15, 0.2) is 5.69 Å². The highest BCUT2D eigenvalue weighted by atomic mass is 16.2. The summed E-state index contributed by atoms with van der Waals surface area (Å²) in [6.45, 7) is 8.22. The van der Waals surface area contributed by atoms with Crippen molar-refractivity contribution in [2.75, 3.05) is 44.2 Å². The lowest BCUT2D eigenvalue weighted by Gasteiger charge is -2.41. The van der Waals surface area contributed by atoms with E-state index in [2.05, 4.69) is 46.1 Å². The van der Waals surface area contributed by atoms with Gasteiger partial charge in [-0.3, -0.25) is 14.4 Å². The van der Waals surface area contributed by atoms with Crippen molar-refractivity contribution < 1.29 is 4.79 Å². The minimum absolute atomic E-state index is 0.147. The highest BCUT2D eigenvalue weighted by molar-refractivity contribution is 5.94. The zero-order valence-corrected chi connectivity index (χ0v) is 18.3. The number of fused-ring (bicyclic) bond motifs is 1. The van der Waals surface area contributed by atoms with Gasteiger partial charge in [-0.15, -0.1) is 0 Å². The molecule has 0 bridgehead atoms. The Bertz CT molecular complexity index is 904. The largest absolute Gasteiger partial charge is 0.369 e. The fraction of sp³-hybridized carbons (Fsp3) is 0.583. The molecule has 6 nitrogen and oxygen atoms in total. The monoisotopic (exact) mass is 407 g/mol. The van der Waals surface area contributed by atoms with Gasteiger partial charge in [-0.25, -0.2) is 0 Å². The molecule has 0 saturated carbocycles. The van der Waals surface area contributed by atoms with Gasteiger partial charge < -0.3 is 9.80 Å². The molecule has 0 radical (unpaired) electrons. The Balaban J connectivity index is 1.27. The fourth-order valence-corrected chi connectivity index (χ4v) is 5.43. The second-order valence-electron chi connectivity index (χ2n) is 9.15. The number of amides is 1. The van der Waals surface area contributed by atoms with E-state index >= 15 is 0 Å². The first-order valence-corrected chi connectivity index (χ1v) is 11.5. The predicted molar refractivity (Wildman–Crippen MR) is 119 cm³/mol. The third-order valence-electron chi connectivity index (χ3n) is 7.25. The summed E-state index contributed by atoms with van der Waals surface area (Å²) < 4.78 is 1.96. The molecule has 2 saturated heterocycles. The van der Waals surface area contributed by atoms with E-state index in [0.717, 1.165) is 77.1 Å². The van der Waals surface area contributed by atoms with E-state index in [9.17, 15) is 4.79 Å². The van der Waals surface area contributed by atoms with Gasteiger partial charge >= 0.3 is 0 Å². The van der Waals surface area contributed by atoms with E-state index in [0.29, 0.717) is 6.04 Å². The first kappa shape index (κ1) is 19.6. The average Bonchev–Trinajstić information content (AvgIpc) is 3.42. The number of aryl methyl sites for hydroxylation is 2. The van der Waals surface area contributed by atoms with Gasteiger partial charge in [0.1, 0.15) is 0 Å². The molecule has 2 fully saturated rings. The van der Waals surface area contributed by atoms with Crippen LogP contribution < -0.4 is 4.90 Å². The molecule has 1 unspecified atom stereocenters. The minimum Gasteiger partial charge on any atom is -0.369 e. The molecule has 6 heteroatoms. The lowest BCUT2D eigenvalue weighted by molar-refractivity contribution is 0.0784. The fourth-order valence-electron chi connectivity index (χ4n) is 5.43. The van der Waals surface area contributed by atoms with Crippen LogP contribution in [0.2, 0.25) is 0 Å². The maximum atomic E-state index is 13.1. The van der Waals surface area contributed by atoms with Crippen molar-refractivity contribution >= 4 is 11.6 Å². The zero-order valence-electron chi connectivity index (χ0n) is 18.3. The number of anilines is 1. The standard InChI is InChI=1S/C24H33N5O/c1-18-5-7-19(8-6-18)27-13-15-28(16-14-27)20-9-10-22-21(17-20)23(25-26(22)2)24(30)29-11-3-4-12-29/h5-8,20H,3-4,9-17H2,1-2H3. The summed E-state index contributed by atoms with van der Waals surface area (Å²) in [5.74, 6) is 0.147. The van der Waals surface area contributed by atoms with E-state index < -0.39 is 0 Å². The van der Waals surface area contributed by atoms with Gasteiger partial charge in [0.05, 0.1) is 0 Å². The van der Waals surface area contributed by atoms with Gasteiger partial charge in [0, 0.05) is 69.3 Å². The summed E-state index contributed by atoms with van der Waals surface area (Å²) in [4.78, 5) is 20.2. The minimum atomic E-state index is 0.147. The number of carbonyl (C=O) groups is 1. The lowest BCUT2D eigenvalue weighted by Crippen LogP contribution is -2.52. The van der Waals surface area contributed by atoms with Crippen LogP contribution in [0.15, 0.2) is 24.3 Å². The number of piperazine rings is 1. The number of likely N-dealkylation sites (tertiary alicyclic amines) is 1. The number of hydrogen-bond acceptors (Lipinski definition) is 4. The van der Waals surface area contributed by atoms with Crippen molar-refractivity contribution in [2.24, 2.45) is 7.05 Å². The molecule has 160 valence electrons. The Hall–Kier alpha value is -2.34. The molecule has 0 N–H and O–H groups in total. The summed E-state index contributed by atoms with van der Waals surface area (Å²) >= 11 is 0. The molecule has 0 spiro atoms. The molecule has 1 aromatic heterocycles. The molecule has 30 heavy (non-hydrogen) atoms. The Morgan fingerprint density at radius 2 is 1.70 bits per heavy atom. The van der Waals surface area contributed by atoms with Crippen LogP contribution in [0.5, 0.6) is 0 Å². The number of benzene rings is 1. The summed E-state index contributed by atoms with van der Waals surface area (Å²) in [7, 11) is 2.00. The molecule has 2 aliphatic heterocycles. The van der Waals surface area contributed by atoms with Crippen LogP contribution in [-0.4, -0.2) is 70.8 Å². The Labute approximate surface area is 179 Å². The average molecular weight is 408 g/mol. The first-order valence-electron chi connectivity index (χ1n) is 11.5. The molecule has 5 rings (SSSR count). The summed E-state index contributed by atoms with van der Waals surface area (Å²) in [6, 6.07) is 9.40. The van der Waals surface area contributed by atoms with Crippen LogP contribution in [0.1, 0.15) is 46.6 Å². The van der Waals surface area contributed by atoms with Gasteiger partial charge in [-0.05, 0) is 51.2 Å². The van der Waals surface area contributed by atoms with E-state index in [1.165, 1.54) is 22.5 Å². The number of hydrogen-bond donors (Lipinski definition) is 0. The Morgan fingerprint density at radius 1 is 1.00 bits per heavy atom. The smallest absolute Gasteiger partial charge is 0.274 e. The van der Waals surface area contributed by atoms with Crippen LogP contribution in [0, 0.1) is 6.92 Å². The van der Waals surface area contributed by atoms with Crippen molar-refractivity contribution in [2.45, 2.75) is 45.1 Å². The van der Waals surface area contributed by atoms with Crippen molar-refractivity contribution in [1.82, 2.24) is 19.6 Å². The number of carbonyl (C=O) groups excluding carboxylic acids is 1. The van der Waals surface area contributed by atoms with Crippen LogP contribution in [0.25, 0.3) is 0 Å². The Morgan fingerprint density at radius 3 is 2.40 bits per heavy atom. The third-order valence-corrected chi connectivity index (χ3v) is 7.25. The second-order valence-corrected chi connectivity index (χ2v) is 9.15. The summed E-state index contributed by atoms with van der Waals surface area (Å²) in [5.41, 5.74) is 5.85. The molecular formula is C24H33N5O. The molecule has 3 heterocycles. The topological polar surface area (TPSA) is 44.6 Å². The quantitative estimate of drug-likeness (QED) is 0.785. The van der Waals surface area contributed by atoms with Crippen molar-refractivity contribution in [3.8, 4) is 0 Å². The van der Waals surface area contributed by atoms with Gasteiger partial charge in [-0.1, -0.05) is 17.7 Å². The van der Waals surface area contributed by atoms with Gasteiger partial charge in [0.25, 0.3) is 5.91 Å². The molecule has 1 aliphatic carbocycles. The van der Waals surface area contributed by atoms with Gasteiger partial charge in [0.2, 0.25) is 0 Å². The van der Waals surface area contributed by atoms with E-state index in [-0.39, 0.29) is 5.91 Å². The Kier molecular flexibility index (Phi) is 5.27. The molecule has 1 amide bonds. The summed E-state index contributed by atoms with van der Waals surface area (Å²) in [6.07, 6.45) is 5.38. The van der Waals surface area contributed by atoms with Crippen molar-refractivity contribution in [3.05, 3.63) is 46.8 Å². The molecule has 1 aromatic carbocycles.